The number of primary amides is 1. The van der Waals surface area contributed by atoms with Crippen LogP contribution in [0.1, 0.15) is 50.0 Å². The highest BCUT2D eigenvalue weighted by Crippen LogP contribution is 2.40. The molecule has 0 aliphatic rings. The predicted octanol–water partition coefficient (Wildman–Crippen LogP) is 4.90. The van der Waals surface area contributed by atoms with Crippen molar-refractivity contribution in [1.82, 2.24) is 9.97 Å². The lowest BCUT2D eigenvalue weighted by atomic mass is 10.1. The summed E-state index contributed by atoms with van der Waals surface area (Å²) < 4.78 is 6.53. The van der Waals surface area contributed by atoms with E-state index in [4.69, 9.17) is 10.2 Å². The smallest absolute Gasteiger partial charge is 0.267 e. The van der Waals surface area contributed by atoms with Crippen molar-refractivity contribution in [2.45, 2.75) is 51.9 Å². The number of para-hydroxylation sites is 1. The minimum Gasteiger partial charge on any atom is -0.409 e. The van der Waals surface area contributed by atoms with E-state index in [1.54, 1.807) is 6.07 Å². The van der Waals surface area contributed by atoms with E-state index in [1.807, 2.05) is 31.2 Å². The predicted molar refractivity (Wildman–Crippen MR) is 109 cm³/mol. The SMILES string of the molecule is C[C@@H](O[Si](C)(C)C(C)(C)C)c1nc(C(N)=O)cc2c1[nH]c1ccccc12. The van der Waals surface area contributed by atoms with Gasteiger partial charge >= 0.3 is 0 Å². The summed E-state index contributed by atoms with van der Waals surface area (Å²) in [5.41, 5.74) is 8.45. The van der Waals surface area contributed by atoms with Crippen LogP contribution in [-0.4, -0.2) is 24.2 Å². The quantitative estimate of drug-likeness (QED) is 0.642. The number of fused-ring (bicyclic) bond motifs is 3. The molecule has 2 heterocycles. The van der Waals surface area contributed by atoms with Crippen molar-refractivity contribution in [3.05, 3.63) is 41.7 Å². The van der Waals surface area contributed by atoms with Crippen LogP contribution in [0, 0.1) is 0 Å². The molecule has 0 saturated carbocycles. The van der Waals surface area contributed by atoms with Crippen molar-refractivity contribution < 1.29 is 9.22 Å². The number of aromatic amines is 1. The lowest BCUT2D eigenvalue weighted by Gasteiger charge is -2.38. The minimum atomic E-state index is -1.99. The van der Waals surface area contributed by atoms with E-state index in [9.17, 15) is 4.79 Å². The minimum absolute atomic E-state index is 0.0854. The average Bonchev–Trinajstić information content (AvgIpc) is 2.90. The highest BCUT2D eigenvalue weighted by atomic mass is 28.4. The van der Waals surface area contributed by atoms with E-state index < -0.39 is 14.2 Å². The summed E-state index contributed by atoms with van der Waals surface area (Å²) in [5.74, 6) is -0.530. The maximum Gasteiger partial charge on any atom is 0.267 e. The number of hydrogen-bond acceptors (Lipinski definition) is 3. The van der Waals surface area contributed by atoms with Gasteiger partial charge in [-0.3, -0.25) is 4.79 Å². The first-order valence-electron chi connectivity index (χ1n) is 8.90. The van der Waals surface area contributed by atoms with Gasteiger partial charge in [-0.1, -0.05) is 39.0 Å². The van der Waals surface area contributed by atoms with E-state index in [0.717, 1.165) is 27.5 Å². The fourth-order valence-electron chi connectivity index (χ4n) is 2.97. The summed E-state index contributed by atoms with van der Waals surface area (Å²) in [6.45, 7) is 13.0. The Labute approximate surface area is 155 Å². The van der Waals surface area contributed by atoms with Crippen molar-refractivity contribution in [2.75, 3.05) is 0 Å². The number of carbonyl (C=O) groups excluding carboxylic acids is 1. The van der Waals surface area contributed by atoms with Crippen molar-refractivity contribution in [1.29, 1.82) is 0 Å². The van der Waals surface area contributed by atoms with Crippen LogP contribution in [0.3, 0.4) is 0 Å². The van der Waals surface area contributed by atoms with E-state index in [-0.39, 0.29) is 16.8 Å². The number of pyridine rings is 1. The van der Waals surface area contributed by atoms with Gasteiger partial charge < -0.3 is 15.1 Å². The van der Waals surface area contributed by atoms with Crippen LogP contribution in [0.25, 0.3) is 21.8 Å². The topological polar surface area (TPSA) is 81.0 Å². The Morgan fingerprint density at radius 1 is 1.23 bits per heavy atom. The molecule has 3 rings (SSSR count). The van der Waals surface area contributed by atoms with Crippen LogP contribution in [0.2, 0.25) is 18.1 Å². The van der Waals surface area contributed by atoms with E-state index in [0.29, 0.717) is 0 Å². The number of aromatic nitrogens is 2. The number of benzene rings is 1. The van der Waals surface area contributed by atoms with Gasteiger partial charge in [-0.2, -0.15) is 0 Å². The molecule has 0 bridgehead atoms. The largest absolute Gasteiger partial charge is 0.409 e. The zero-order chi connectivity index (χ0) is 19.3. The zero-order valence-electron chi connectivity index (χ0n) is 16.3. The van der Waals surface area contributed by atoms with Gasteiger partial charge in [0, 0.05) is 16.3 Å². The van der Waals surface area contributed by atoms with Crippen LogP contribution in [0.15, 0.2) is 30.3 Å². The summed E-state index contributed by atoms with van der Waals surface area (Å²) in [5, 5.41) is 2.08. The first-order chi connectivity index (χ1) is 12.0. The first-order valence-corrected chi connectivity index (χ1v) is 11.8. The Balaban J connectivity index is 2.19. The molecule has 0 spiro atoms. The number of H-pyrrole nitrogens is 1. The molecule has 2 aromatic heterocycles. The van der Waals surface area contributed by atoms with Gasteiger partial charge in [0.2, 0.25) is 0 Å². The number of carbonyl (C=O) groups is 1. The second-order valence-electron chi connectivity index (χ2n) is 8.37. The monoisotopic (exact) mass is 369 g/mol. The van der Waals surface area contributed by atoms with E-state index in [2.05, 4.69) is 43.8 Å². The van der Waals surface area contributed by atoms with Gasteiger partial charge in [0.15, 0.2) is 8.32 Å². The van der Waals surface area contributed by atoms with Crippen LogP contribution >= 0.6 is 0 Å². The van der Waals surface area contributed by atoms with Gasteiger partial charge in [0.25, 0.3) is 5.91 Å². The molecule has 3 aromatic rings. The molecule has 0 aliphatic carbocycles. The van der Waals surface area contributed by atoms with Gasteiger partial charge in [-0.15, -0.1) is 0 Å². The number of hydrogen-bond donors (Lipinski definition) is 2. The molecule has 0 saturated heterocycles. The normalized spacial score (nSPS) is 14.1. The van der Waals surface area contributed by atoms with Gasteiger partial charge in [0.05, 0.1) is 17.3 Å². The molecule has 138 valence electrons. The third kappa shape index (κ3) is 3.15. The zero-order valence-corrected chi connectivity index (χ0v) is 17.3. The van der Waals surface area contributed by atoms with Crippen LogP contribution in [0.4, 0.5) is 0 Å². The molecule has 0 unspecified atom stereocenters. The molecule has 0 fully saturated rings. The second kappa shape index (κ2) is 6.21. The molecule has 0 radical (unpaired) electrons. The third-order valence-electron chi connectivity index (χ3n) is 5.44. The molecule has 5 nitrogen and oxygen atoms in total. The molecule has 1 aromatic carbocycles. The highest BCUT2D eigenvalue weighted by molar-refractivity contribution is 6.74. The fourth-order valence-corrected chi connectivity index (χ4v) is 4.31. The van der Waals surface area contributed by atoms with Crippen molar-refractivity contribution in [3.8, 4) is 0 Å². The highest BCUT2D eigenvalue weighted by Gasteiger charge is 2.39. The van der Waals surface area contributed by atoms with Crippen molar-refractivity contribution in [2.24, 2.45) is 5.73 Å². The molecular weight excluding hydrogens is 342 g/mol. The molecule has 0 aliphatic heterocycles. The summed E-state index contributed by atoms with van der Waals surface area (Å²) >= 11 is 0. The number of nitrogens with one attached hydrogen (secondary N) is 1. The molecule has 26 heavy (non-hydrogen) atoms. The summed E-state index contributed by atoms with van der Waals surface area (Å²) in [6.07, 6.45) is -0.245. The summed E-state index contributed by atoms with van der Waals surface area (Å²) in [7, 11) is -1.99. The van der Waals surface area contributed by atoms with Crippen LogP contribution in [-0.2, 0) is 4.43 Å². The van der Waals surface area contributed by atoms with Crippen molar-refractivity contribution >= 4 is 36.0 Å². The van der Waals surface area contributed by atoms with Crippen LogP contribution in [0.5, 0.6) is 0 Å². The van der Waals surface area contributed by atoms with Gasteiger partial charge in [-0.25, -0.2) is 4.98 Å². The number of rotatable bonds is 4. The molecule has 1 atom stereocenters. The maximum atomic E-state index is 11.8. The Morgan fingerprint density at radius 3 is 2.50 bits per heavy atom. The summed E-state index contributed by atoms with van der Waals surface area (Å²) in [6, 6.07) is 9.77. The Morgan fingerprint density at radius 2 is 1.88 bits per heavy atom. The van der Waals surface area contributed by atoms with Gasteiger partial charge in [0.1, 0.15) is 5.69 Å². The maximum absolute atomic E-state index is 11.8. The van der Waals surface area contributed by atoms with Gasteiger partial charge in [-0.05, 0) is 37.2 Å². The molecule has 1 amide bonds. The number of amides is 1. The Hall–Kier alpha value is -2.18. The first kappa shape index (κ1) is 18.6. The van der Waals surface area contributed by atoms with E-state index >= 15 is 0 Å². The van der Waals surface area contributed by atoms with Crippen LogP contribution < -0.4 is 5.73 Å². The fraction of sp³-hybridized carbons (Fsp3) is 0.400. The molecule has 3 N–H and O–H groups in total. The van der Waals surface area contributed by atoms with Crippen molar-refractivity contribution in [3.63, 3.8) is 0 Å². The van der Waals surface area contributed by atoms with E-state index in [1.165, 1.54) is 0 Å². The summed E-state index contributed by atoms with van der Waals surface area (Å²) in [4.78, 5) is 19.8. The lowest BCUT2D eigenvalue weighted by Crippen LogP contribution is -2.41. The number of nitrogens with zero attached hydrogens (tertiary/aromatic N) is 1. The molecular formula is C20H27N3O2Si. The number of nitrogens with two attached hydrogens (primary N) is 1. The standard InChI is InChI=1S/C20H27N3O2Si/c1-12(25-26(5,6)20(2,3)4)17-18-14(11-16(23-17)19(21)24)13-9-7-8-10-15(13)22-18/h7-12,22H,1-6H3,(H2,21,24)/t12-/m1/s1. The molecule has 6 heteroatoms. The Kier molecular flexibility index (Phi) is 4.44. The lowest BCUT2D eigenvalue weighted by molar-refractivity contribution is 0.0995. The Bertz CT molecular complexity index is 986. The second-order valence-corrected chi connectivity index (χ2v) is 13.1. The third-order valence-corrected chi connectivity index (χ3v) is 9.99. The average molecular weight is 370 g/mol.